The van der Waals surface area contributed by atoms with Crippen LogP contribution in [0.15, 0.2) is 36.7 Å². The van der Waals surface area contributed by atoms with Crippen molar-refractivity contribution in [1.82, 2.24) is 14.9 Å². The van der Waals surface area contributed by atoms with Gasteiger partial charge in [-0.15, -0.1) is 0 Å². The van der Waals surface area contributed by atoms with E-state index in [1.54, 1.807) is 36.7 Å². The minimum Gasteiger partial charge on any atom is -0.480 e. The van der Waals surface area contributed by atoms with E-state index in [1.807, 2.05) is 4.90 Å². The second-order valence-corrected chi connectivity index (χ2v) is 6.28. The number of carboxylic acids is 1. The number of hydrogen-bond donors (Lipinski definition) is 1. The summed E-state index contributed by atoms with van der Waals surface area (Å²) < 4.78 is 10.7. The molecule has 2 aromatic rings. The molecule has 26 heavy (non-hydrogen) atoms. The lowest BCUT2D eigenvalue weighted by Crippen LogP contribution is -2.37. The van der Waals surface area contributed by atoms with Crippen LogP contribution in [0.25, 0.3) is 0 Å². The van der Waals surface area contributed by atoms with Gasteiger partial charge in [-0.3, -0.25) is 9.69 Å². The lowest BCUT2D eigenvalue weighted by Gasteiger charge is -2.28. The third kappa shape index (κ3) is 3.28. The van der Waals surface area contributed by atoms with Crippen LogP contribution in [0, 0.1) is 0 Å². The van der Waals surface area contributed by atoms with Gasteiger partial charge in [0.1, 0.15) is 6.04 Å². The van der Waals surface area contributed by atoms with Gasteiger partial charge in [0.2, 0.25) is 12.7 Å². The number of aliphatic carboxylic acids is 1. The van der Waals surface area contributed by atoms with Crippen LogP contribution in [0.3, 0.4) is 0 Å². The molecule has 8 nitrogen and oxygen atoms in total. The normalized spacial score (nSPS) is 18.4. The van der Waals surface area contributed by atoms with Crippen LogP contribution in [0.2, 0.25) is 0 Å². The Bertz CT molecular complexity index is 786. The molecule has 1 aromatic carbocycles. The van der Waals surface area contributed by atoms with Crippen LogP contribution in [0.1, 0.15) is 18.0 Å². The van der Waals surface area contributed by atoms with Gasteiger partial charge in [-0.2, -0.15) is 0 Å². The predicted molar refractivity (Wildman–Crippen MR) is 93.4 cm³/mol. The molecule has 0 radical (unpaired) electrons. The maximum Gasteiger partial charge on any atom is 0.325 e. The van der Waals surface area contributed by atoms with Crippen molar-refractivity contribution in [3.05, 3.63) is 42.2 Å². The number of hydrogen-bond acceptors (Lipinski definition) is 7. The van der Waals surface area contributed by atoms with E-state index in [0.29, 0.717) is 42.6 Å². The molecule has 0 amide bonds. The highest BCUT2D eigenvalue weighted by atomic mass is 16.7. The van der Waals surface area contributed by atoms with Crippen molar-refractivity contribution < 1.29 is 19.4 Å². The van der Waals surface area contributed by atoms with E-state index < -0.39 is 12.0 Å². The minimum atomic E-state index is -0.867. The zero-order chi connectivity index (χ0) is 17.9. The summed E-state index contributed by atoms with van der Waals surface area (Å²) in [6.45, 7) is 2.96. The molecule has 0 saturated carbocycles. The summed E-state index contributed by atoms with van der Waals surface area (Å²) in [6, 6.07) is 6.41. The van der Waals surface area contributed by atoms with E-state index >= 15 is 0 Å². The van der Waals surface area contributed by atoms with Crippen molar-refractivity contribution in [3.8, 4) is 11.5 Å². The van der Waals surface area contributed by atoms with Crippen molar-refractivity contribution in [1.29, 1.82) is 0 Å². The Hall–Kier alpha value is -2.87. The third-order valence-corrected chi connectivity index (χ3v) is 4.68. The summed E-state index contributed by atoms with van der Waals surface area (Å²) in [5.74, 6) is 1.07. The number of aromatic nitrogens is 2. The molecule has 136 valence electrons. The number of carbonyl (C=O) groups is 1. The number of carboxylic acid groups (broad SMARTS) is 1. The van der Waals surface area contributed by atoms with Gasteiger partial charge in [0, 0.05) is 38.6 Å². The minimum absolute atomic E-state index is 0.173. The SMILES string of the molecule is O=C(O)[C@@H](c1ccc2c(c1)OCO2)N1CCCN(c2ncccn2)CC1. The molecule has 3 heterocycles. The molecule has 1 N–H and O–H groups in total. The zero-order valence-electron chi connectivity index (χ0n) is 14.2. The summed E-state index contributed by atoms with van der Waals surface area (Å²) in [5.41, 5.74) is 0.700. The molecule has 4 rings (SSSR count). The van der Waals surface area contributed by atoms with Crippen molar-refractivity contribution >= 4 is 11.9 Å². The first kappa shape index (κ1) is 16.6. The second-order valence-electron chi connectivity index (χ2n) is 6.28. The lowest BCUT2D eigenvalue weighted by atomic mass is 10.0. The molecule has 0 spiro atoms. The number of ether oxygens (including phenoxy) is 2. The molecule has 2 aliphatic rings. The second kappa shape index (κ2) is 7.17. The average Bonchev–Trinajstić information content (AvgIpc) is 2.99. The van der Waals surface area contributed by atoms with Crippen LogP contribution in [0.5, 0.6) is 11.5 Å². The van der Waals surface area contributed by atoms with Crippen molar-refractivity contribution in [2.24, 2.45) is 0 Å². The number of rotatable bonds is 4. The Kier molecular flexibility index (Phi) is 4.57. The van der Waals surface area contributed by atoms with E-state index in [4.69, 9.17) is 9.47 Å². The first-order valence-electron chi connectivity index (χ1n) is 8.61. The van der Waals surface area contributed by atoms with Crippen LogP contribution in [-0.2, 0) is 4.79 Å². The lowest BCUT2D eigenvalue weighted by molar-refractivity contribution is -0.143. The number of fused-ring (bicyclic) bond motifs is 1. The first-order valence-corrected chi connectivity index (χ1v) is 8.61. The van der Waals surface area contributed by atoms with Gasteiger partial charge in [0.25, 0.3) is 0 Å². The van der Waals surface area contributed by atoms with E-state index in [9.17, 15) is 9.90 Å². The molecular weight excluding hydrogens is 336 g/mol. The van der Waals surface area contributed by atoms with E-state index in [2.05, 4.69) is 14.9 Å². The molecule has 0 bridgehead atoms. The highest BCUT2D eigenvalue weighted by molar-refractivity contribution is 5.76. The van der Waals surface area contributed by atoms with Gasteiger partial charge in [-0.25, -0.2) is 9.97 Å². The summed E-state index contributed by atoms with van der Waals surface area (Å²) >= 11 is 0. The molecule has 1 aromatic heterocycles. The van der Waals surface area contributed by atoms with Crippen molar-refractivity contribution in [2.45, 2.75) is 12.5 Å². The van der Waals surface area contributed by atoms with Crippen LogP contribution in [0.4, 0.5) is 5.95 Å². The highest BCUT2D eigenvalue weighted by Gasteiger charge is 2.30. The largest absolute Gasteiger partial charge is 0.480 e. The summed E-state index contributed by atoms with van der Waals surface area (Å²) in [5, 5.41) is 9.85. The van der Waals surface area contributed by atoms with Gasteiger partial charge in [-0.05, 0) is 30.2 Å². The third-order valence-electron chi connectivity index (χ3n) is 4.68. The summed E-state index contributed by atoms with van der Waals surface area (Å²) in [4.78, 5) is 24.7. The molecule has 0 unspecified atom stereocenters. The molecule has 1 atom stereocenters. The Morgan fingerprint density at radius 2 is 1.88 bits per heavy atom. The van der Waals surface area contributed by atoms with Gasteiger partial charge < -0.3 is 19.5 Å². The quantitative estimate of drug-likeness (QED) is 0.883. The van der Waals surface area contributed by atoms with Gasteiger partial charge >= 0.3 is 5.97 Å². The van der Waals surface area contributed by atoms with E-state index in [0.717, 1.165) is 13.0 Å². The molecule has 1 fully saturated rings. The Balaban J connectivity index is 1.53. The summed E-state index contributed by atoms with van der Waals surface area (Å²) in [7, 11) is 0. The van der Waals surface area contributed by atoms with Gasteiger partial charge in [0.15, 0.2) is 11.5 Å². The number of benzene rings is 1. The zero-order valence-corrected chi connectivity index (χ0v) is 14.2. The van der Waals surface area contributed by atoms with Crippen LogP contribution >= 0.6 is 0 Å². The first-order chi connectivity index (χ1) is 12.7. The monoisotopic (exact) mass is 356 g/mol. The maximum atomic E-state index is 12.0. The molecule has 2 aliphatic heterocycles. The molecule has 1 saturated heterocycles. The van der Waals surface area contributed by atoms with Gasteiger partial charge in [0.05, 0.1) is 0 Å². The number of anilines is 1. The Morgan fingerprint density at radius 1 is 1.08 bits per heavy atom. The van der Waals surface area contributed by atoms with Crippen molar-refractivity contribution in [2.75, 3.05) is 37.9 Å². The topological polar surface area (TPSA) is 88.0 Å². The van der Waals surface area contributed by atoms with Gasteiger partial charge in [-0.1, -0.05) is 6.07 Å². The van der Waals surface area contributed by atoms with E-state index in [-0.39, 0.29) is 6.79 Å². The van der Waals surface area contributed by atoms with Crippen LogP contribution < -0.4 is 14.4 Å². The highest BCUT2D eigenvalue weighted by Crippen LogP contribution is 2.35. The summed E-state index contributed by atoms with van der Waals surface area (Å²) in [6.07, 6.45) is 4.28. The fourth-order valence-corrected chi connectivity index (χ4v) is 3.44. The molecular formula is C18H20N4O4. The van der Waals surface area contributed by atoms with Crippen LogP contribution in [-0.4, -0.2) is 58.9 Å². The molecule has 8 heteroatoms. The Labute approximate surface area is 151 Å². The fraction of sp³-hybridized carbons (Fsp3) is 0.389. The average molecular weight is 356 g/mol. The van der Waals surface area contributed by atoms with Crippen molar-refractivity contribution in [3.63, 3.8) is 0 Å². The predicted octanol–water partition coefficient (Wildman–Crippen LogP) is 1.54. The fourth-order valence-electron chi connectivity index (χ4n) is 3.44. The van der Waals surface area contributed by atoms with E-state index in [1.165, 1.54) is 0 Å². The number of nitrogens with zero attached hydrogens (tertiary/aromatic N) is 4. The standard InChI is InChI=1S/C18H20N4O4/c23-17(24)16(13-3-4-14-15(11-13)26-12-25-14)21-7-2-8-22(10-9-21)18-19-5-1-6-20-18/h1,3-6,11,16H,2,7-10,12H2,(H,23,24)/t16-/m1/s1. The molecule has 0 aliphatic carbocycles. The smallest absolute Gasteiger partial charge is 0.325 e. The Morgan fingerprint density at radius 3 is 2.69 bits per heavy atom. The maximum absolute atomic E-state index is 12.0.